The van der Waals surface area contributed by atoms with Gasteiger partial charge in [0, 0.05) is 11.4 Å². The van der Waals surface area contributed by atoms with Gasteiger partial charge in [-0.15, -0.1) is 11.3 Å². The fourth-order valence-corrected chi connectivity index (χ4v) is 3.23. The van der Waals surface area contributed by atoms with Crippen LogP contribution in [-0.2, 0) is 6.54 Å². The van der Waals surface area contributed by atoms with E-state index < -0.39 is 0 Å². The second-order valence-electron chi connectivity index (χ2n) is 4.72. The summed E-state index contributed by atoms with van der Waals surface area (Å²) in [6.45, 7) is 0.649. The summed E-state index contributed by atoms with van der Waals surface area (Å²) in [6.07, 6.45) is 4.09. The minimum absolute atomic E-state index is 0.649. The van der Waals surface area contributed by atoms with Gasteiger partial charge >= 0.3 is 0 Å². The number of nitrogens with two attached hydrogens (primary N) is 1. The van der Waals surface area contributed by atoms with Crippen molar-refractivity contribution in [3.63, 3.8) is 0 Å². The van der Waals surface area contributed by atoms with Crippen LogP contribution in [0, 0.1) is 0 Å². The summed E-state index contributed by atoms with van der Waals surface area (Å²) >= 11 is 1.77. The third-order valence-corrected chi connectivity index (χ3v) is 4.63. The van der Waals surface area contributed by atoms with E-state index in [1.165, 1.54) is 40.8 Å². The van der Waals surface area contributed by atoms with Crippen LogP contribution in [0.5, 0.6) is 0 Å². The third kappa shape index (κ3) is 2.03. The Morgan fingerprint density at radius 3 is 2.71 bits per heavy atom. The third-order valence-electron chi connectivity index (χ3n) is 3.67. The van der Waals surface area contributed by atoms with Crippen molar-refractivity contribution in [3.05, 3.63) is 46.2 Å². The molecule has 1 nitrogen and oxygen atoms in total. The maximum absolute atomic E-state index is 5.69. The molecule has 0 radical (unpaired) electrons. The molecule has 88 valence electrons. The highest BCUT2D eigenvalue weighted by Crippen LogP contribution is 2.41. The molecular weight excluding hydrogens is 226 g/mol. The van der Waals surface area contributed by atoms with Crippen molar-refractivity contribution < 1.29 is 0 Å². The molecule has 1 aromatic carbocycles. The summed E-state index contributed by atoms with van der Waals surface area (Å²) in [5.74, 6) is 0.785. The van der Waals surface area contributed by atoms with Crippen LogP contribution in [0.1, 0.15) is 35.6 Å². The van der Waals surface area contributed by atoms with Crippen molar-refractivity contribution in [2.24, 2.45) is 5.73 Å². The first-order chi connectivity index (χ1) is 8.38. The zero-order valence-corrected chi connectivity index (χ0v) is 10.7. The summed E-state index contributed by atoms with van der Waals surface area (Å²) in [7, 11) is 0. The fourth-order valence-electron chi connectivity index (χ4n) is 2.46. The highest BCUT2D eigenvalue weighted by atomic mass is 32.1. The summed E-state index contributed by atoms with van der Waals surface area (Å²) in [5.41, 5.74) is 9.97. The van der Waals surface area contributed by atoms with Gasteiger partial charge in [-0.25, -0.2) is 0 Å². The summed E-state index contributed by atoms with van der Waals surface area (Å²) in [4.78, 5) is 1.27. The number of hydrogen-bond acceptors (Lipinski definition) is 2. The molecule has 2 heteroatoms. The van der Waals surface area contributed by atoms with Gasteiger partial charge in [-0.3, -0.25) is 0 Å². The summed E-state index contributed by atoms with van der Waals surface area (Å²) in [6, 6.07) is 11.1. The number of rotatable bonds is 3. The Balaban J connectivity index is 2.01. The van der Waals surface area contributed by atoms with E-state index in [4.69, 9.17) is 5.73 Å². The highest BCUT2D eigenvalue weighted by molar-refractivity contribution is 7.10. The first-order valence-electron chi connectivity index (χ1n) is 6.25. The van der Waals surface area contributed by atoms with Gasteiger partial charge in [-0.1, -0.05) is 30.7 Å². The molecule has 1 aromatic heterocycles. The molecule has 0 atom stereocenters. The molecule has 0 unspecified atom stereocenters. The Labute approximate surface area is 106 Å². The molecule has 0 spiro atoms. The molecule has 2 N–H and O–H groups in total. The molecule has 1 fully saturated rings. The van der Waals surface area contributed by atoms with Crippen molar-refractivity contribution in [3.8, 4) is 11.1 Å². The van der Waals surface area contributed by atoms with Crippen LogP contribution < -0.4 is 5.73 Å². The van der Waals surface area contributed by atoms with Gasteiger partial charge in [0.2, 0.25) is 0 Å². The van der Waals surface area contributed by atoms with E-state index in [0.717, 1.165) is 5.92 Å². The van der Waals surface area contributed by atoms with E-state index in [1.807, 2.05) is 0 Å². The number of thiophene rings is 1. The summed E-state index contributed by atoms with van der Waals surface area (Å²) in [5, 5.41) is 2.24. The topological polar surface area (TPSA) is 26.0 Å². The standard InChI is InChI=1S/C15H17NS/c16-9-13-8-12(10-17-13)15-7-2-1-6-14(15)11-4-3-5-11/h1-2,6-8,10-11H,3-5,9,16H2. The van der Waals surface area contributed by atoms with Crippen molar-refractivity contribution >= 4 is 11.3 Å². The van der Waals surface area contributed by atoms with Crippen molar-refractivity contribution in [1.82, 2.24) is 0 Å². The largest absolute Gasteiger partial charge is 0.326 e. The molecule has 0 aliphatic heterocycles. The van der Waals surface area contributed by atoms with Crippen LogP contribution in [0.3, 0.4) is 0 Å². The monoisotopic (exact) mass is 243 g/mol. The molecule has 3 rings (SSSR count). The molecule has 0 amide bonds. The number of hydrogen-bond donors (Lipinski definition) is 1. The zero-order chi connectivity index (χ0) is 11.7. The van der Waals surface area contributed by atoms with Crippen molar-refractivity contribution in [2.45, 2.75) is 31.7 Å². The van der Waals surface area contributed by atoms with Crippen LogP contribution in [-0.4, -0.2) is 0 Å². The molecular formula is C15H17NS. The molecule has 17 heavy (non-hydrogen) atoms. The number of benzene rings is 1. The van der Waals surface area contributed by atoms with Crippen molar-refractivity contribution in [2.75, 3.05) is 0 Å². The molecule has 2 aromatic rings. The summed E-state index contributed by atoms with van der Waals surface area (Å²) < 4.78 is 0. The SMILES string of the molecule is NCc1cc(-c2ccccc2C2CCC2)cs1. The first-order valence-corrected chi connectivity index (χ1v) is 7.13. The Morgan fingerprint density at radius 1 is 1.24 bits per heavy atom. The average molecular weight is 243 g/mol. The van der Waals surface area contributed by atoms with E-state index in [1.54, 1.807) is 11.3 Å². The second-order valence-corrected chi connectivity index (χ2v) is 5.72. The highest BCUT2D eigenvalue weighted by Gasteiger charge is 2.22. The van der Waals surface area contributed by atoms with E-state index in [9.17, 15) is 0 Å². The maximum Gasteiger partial charge on any atom is 0.0274 e. The van der Waals surface area contributed by atoms with Crippen LogP contribution in [0.2, 0.25) is 0 Å². The average Bonchev–Trinajstić information content (AvgIpc) is 2.76. The minimum Gasteiger partial charge on any atom is -0.326 e. The maximum atomic E-state index is 5.69. The Hall–Kier alpha value is -1.12. The first kappa shape index (κ1) is 11.0. The van der Waals surface area contributed by atoms with Gasteiger partial charge in [-0.2, -0.15) is 0 Å². The van der Waals surface area contributed by atoms with Gasteiger partial charge in [0.05, 0.1) is 0 Å². The zero-order valence-electron chi connectivity index (χ0n) is 9.86. The lowest BCUT2D eigenvalue weighted by molar-refractivity contribution is 0.420. The fraction of sp³-hybridized carbons (Fsp3) is 0.333. The van der Waals surface area contributed by atoms with Crippen LogP contribution >= 0.6 is 11.3 Å². The van der Waals surface area contributed by atoms with Crippen molar-refractivity contribution in [1.29, 1.82) is 0 Å². The van der Waals surface area contributed by atoms with Gasteiger partial charge < -0.3 is 5.73 Å². The van der Waals surface area contributed by atoms with Crippen LogP contribution in [0.4, 0.5) is 0 Å². The van der Waals surface area contributed by atoms with E-state index in [0.29, 0.717) is 6.54 Å². The minimum atomic E-state index is 0.649. The van der Waals surface area contributed by atoms with E-state index >= 15 is 0 Å². The predicted octanol–water partition coefficient (Wildman–Crippen LogP) is 4.14. The van der Waals surface area contributed by atoms with Gasteiger partial charge in [-0.05, 0) is 46.9 Å². The Morgan fingerprint density at radius 2 is 2.06 bits per heavy atom. The van der Waals surface area contributed by atoms with Crippen LogP contribution in [0.15, 0.2) is 35.7 Å². The molecule has 1 heterocycles. The quantitative estimate of drug-likeness (QED) is 0.861. The molecule has 1 aliphatic carbocycles. The molecule has 0 bridgehead atoms. The van der Waals surface area contributed by atoms with Gasteiger partial charge in [0.1, 0.15) is 0 Å². The Kier molecular flexibility index (Phi) is 3.00. The Bertz CT molecular complexity index is 511. The molecule has 1 aliphatic rings. The second kappa shape index (κ2) is 4.63. The lowest BCUT2D eigenvalue weighted by Gasteiger charge is -2.27. The molecule has 1 saturated carbocycles. The normalized spacial score (nSPS) is 15.8. The van der Waals surface area contributed by atoms with Gasteiger partial charge in [0.25, 0.3) is 0 Å². The van der Waals surface area contributed by atoms with Gasteiger partial charge in [0.15, 0.2) is 0 Å². The lowest BCUT2D eigenvalue weighted by atomic mass is 9.77. The molecule has 0 saturated heterocycles. The smallest absolute Gasteiger partial charge is 0.0274 e. The van der Waals surface area contributed by atoms with E-state index in [-0.39, 0.29) is 0 Å². The predicted molar refractivity (Wildman–Crippen MR) is 74.2 cm³/mol. The lowest BCUT2D eigenvalue weighted by Crippen LogP contribution is -2.09. The van der Waals surface area contributed by atoms with E-state index in [2.05, 4.69) is 35.7 Å². The van der Waals surface area contributed by atoms with Crippen LogP contribution in [0.25, 0.3) is 11.1 Å².